The third-order valence-corrected chi connectivity index (χ3v) is 4.99. The zero-order valence-electron chi connectivity index (χ0n) is 17.9. The molecule has 0 spiro atoms. The normalized spacial score (nSPS) is 11.2. The van der Waals surface area contributed by atoms with Crippen molar-refractivity contribution >= 4 is 33.5 Å². The molecule has 3 aromatic rings. The van der Waals surface area contributed by atoms with E-state index in [1.54, 1.807) is 39.0 Å². The molecule has 0 heterocycles. The maximum absolute atomic E-state index is 14.4. The van der Waals surface area contributed by atoms with Crippen LogP contribution in [0.15, 0.2) is 71.2 Å². The van der Waals surface area contributed by atoms with Crippen LogP contribution in [0.5, 0.6) is 0 Å². The number of carbonyl (C=O) groups is 2. The van der Waals surface area contributed by atoms with Gasteiger partial charge in [0.1, 0.15) is 29.3 Å². The highest BCUT2D eigenvalue weighted by atomic mass is 79.9. The number of esters is 1. The predicted octanol–water partition coefficient (Wildman–Crippen LogP) is 6.38. The molecule has 0 saturated carbocycles. The minimum atomic E-state index is -1.01. The van der Waals surface area contributed by atoms with Crippen molar-refractivity contribution in [2.75, 3.05) is 11.4 Å². The Balaban J connectivity index is 2.04. The van der Waals surface area contributed by atoms with E-state index in [0.717, 1.165) is 32.6 Å². The van der Waals surface area contributed by atoms with Gasteiger partial charge in [0.2, 0.25) is 0 Å². The van der Waals surface area contributed by atoms with E-state index in [2.05, 4.69) is 15.9 Å². The Morgan fingerprint density at radius 1 is 0.906 bits per heavy atom. The first-order valence-corrected chi connectivity index (χ1v) is 10.7. The molecule has 0 aromatic heterocycles. The van der Waals surface area contributed by atoms with Crippen LogP contribution < -0.4 is 4.90 Å². The molecule has 0 saturated heterocycles. The standard InChI is InChI=1S/C25H22BrF2NO3/c1-25(2,3)32-22(30)15-29(24(31)23-20(27)8-5-9-21(23)28)19-7-4-6-17(14-19)16-10-12-18(26)13-11-16/h4-14H,15H2,1-3H3. The van der Waals surface area contributed by atoms with Crippen molar-refractivity contribution in [3.63, 3.8) is 0 Å². The van der Waals surface area contributed by atoms with Crippen LogP contribution in [0.1, 0.15) is 31.1 Å². The van der Waals surface area contributed by atoms with Gasteiger partial charge in [-0.15, -0.1) is 0 Å². The van der Waals surface area contributed by atoms with Crippen LogP contribution in [-0.2, 0) is 9.53 Å². The monoisotopic (exact) mass is 501 g/mol. The summed E-state index contributed by atoms with van der Waals surface area (Å²) in [4.78, 5) is 26.8. The SMILES string of the molecule is CC(C)(C)OC(=O)CN(C(=O)c1c(F)cccc1F)c1cccc(-c2ccc(Br)cc2)c1. The van der Waals surface area contributed by atoms with E-state index < -0.39 is 41.2 Å². The molecule has 0 unspecified atom stereocenters. The average molecular weight is 502 g/mol. The zero-order valence-corrected chi connectivity index (χ0v) is 19.4. The Morgan fingerprint density at radius 3 is 2.09 bits per heavy atom. The van der Waals surface area contributed by atoms with Crippen LogP contribution in [0, 0.1) is 11.6 Å². The van der Waals surface area contributed by atoms with Crippen molar-refractivity contribution in [2.24, 2.45) is 0 Å². The van der Waals surface area contributed by atoms with E-state index in [1.807, 2.05) is 30.3 Å². The number of nitrogens with zero attached hydrogens (tertiary/aromatic N) is 1. The fraction of sp³-hybridized carbons (Fsp3) is 0.200. The first kappa shape index (κ1) is 23.6. The van der Waals surface area contributed by atoms with Crippen LogP contribution in [0.4, 0.5) is 14.5 Å². The topological polar surface area (TPSA) is 46.6 Å². The van der Waals surface area contributed by atoms with Crippen molar-refractivity contribution in [1.82, 2.24) is 0 Å². The maximum Gasteiger partial charge on any atom is 0.326 e. The first-order valence-electron chi connectivity index (χ1n) is 9.89. The number of halogens is 3. The van der Waals surface area contributed by atoms with Gasteiger partial charge in [-0.25, -0.2) is 8.78 Å². The van der Waals surface area contributed by atoms with Crippen molar-refractivity contribution in [2.45, 2.75) is 26.4 Å². The fourth-order valence-corrected chi connectivity index (χ4v) is 3.38. The molecule has 0 N–H and O–H groups in total. The van der Waals surface area contributed by atoms with E-state index in [-0.39, 0.29) is 0 Å². The Kier molecular flexibility index (Phi) is 7.09. The summed E-state index contributed by atoms with van der Waals surface area (Å²) in [5.41, 5.74) is 0.436. The molecule has 7 heteroatoms. The zero-order chi connectivity index (χ0) is 23.5. The van der Waals surface area contributed by atoms with Crippen LogP contribution in [0.2, 0.25) is 0 Å². The lowest BCUT2D eigenvalue weighted by molar-refractivity contribution is -0.152. The maximum atomic E-state index is 14.4. The highest BCUT2D eigenvalue weighted by Gasteiger charge is 2.28. The lowest BCUT2D eigenvalue weighted by Crippen LogP contribution is -2.39. The van der Waals surface area contributed by atoms with Gasteiger partial charge in [0.25, 0.3) is 5.91 Å². The fourth-order valence-electron chi connectivity index (χ4n) is 3.12. The molecule has 0 aliphatic carbocycles. The molecule has 166 valence electrons. The Labute approximate surface area is 193 Å². The van der Waals surface area contributed by atoms with Crippen LogP contribution in [-0.4, -0.2) is 24.0 Å². The number of hydrogen-bond donors (Lipinski definition) is 0. The summed E-state index contributed by atoms with van der Waals surface area (Å²) in [6, 6.07) is 17.5. The van der Waals surface area contributed by atoms with Crippen molar-refractivity contribution in [3.8, 4) is 11.1 Å². The Bertz CT molecular complexity index is 1120. The van der Waals surface area contributed by atoms with E-state index in [4.69, 9.17) is 4.74 Å². The second-order valence-electron chi connectivity index (χ2n) is 8.13. The Morgan fingerprint density at radius 2 is 1.50 bits per heavy atom. The van der Waals surface area contributed by atoms with Gasteiger partial charge in [0.05, 0.1) is 0 Å². The van der Waals surface area contributed by atoms with E-state index in [9.17, 15) is 18.4 Å². The molecule has 1 amide bonds. The third-order valence-electron chi connectivity index (χ3n) is 4.46. The second-order valence-corrected chi connectivity index (χ2v) is 9.05. The summed E-state index contributed by atoms with van der Waals surface area (Å²) in [5, 5.41) is 0. The van der Waals surface area contributed by atoms with Crippen LogP contribution in [0.25, 0.3) is 11.1 Å². The molecule has 3 aromatic carbocycles. The number of hydrogen-bond acceptors (Lipinski definition) is 3. The summed E-state index contributed by atoms with van der Waals surface area (Å²) >= 11 is 3.39. The van der Waals surface area contributed by atoms with Crippen LogP contribution >= 0.6 is 15.9 Å². The number of anilines is 1. The molecular weight excluding hydrogens is 480 g/mol. The molecule has 0 bridgehead atoms. The van der Waals surface area contributed by atoms with Gasteiger partial charge in [0.15, 0.2) is 0 Å². The summed E-state index contributed by atoms with van der Waals surface area (Å²) < 4.78 is 35.0. The van der Waals surface area contributed by atoms with Gasteiger partial charge in [0, 0.05) is 10.2 Å². The average Bonchev–Trinajstić information content (AvgIpc) is 2.71. The summed E-state index contributed by atoms with van der Waals surface area (Å²) in [7, 11) is 0. The highest BCUT2D eigenvalue weighted by Crippen LogP contribution is 2.28. The number of amides is 1. The highest BCUT2D eigenvalue weighted by molar-refractivity contribution is 9.10. The third kappa shape index (κ3) is 5.79. The molecule has 0 atom stereocenters. The lowest BCUT2D eigenvalue weighted by atomic mass is 10.0. The van der Waals surface area contributed by atoms with Gasteiger partial charge in [-0.3, -0.25) is 14.5 Å². The van der Waals surface area contributed by atoms with E-state index in [1.165, 1.54) is 6.07 Å². The number of ether oxygens (including phenoxy) is 1. The van der Waals surface area contributed by atoms with Gasteiger partial charge in [-0.05, 0) is 68.3 Å². The molecular formula is C25H22BrF2NO3. The largest absolute Gasteiger partial charge is 0.459 e. The Hall–Kier alpha value is -3.06. The minimum absolute atomic E-state index is 0.309. The predicted molar refractivity (Wildman–Crippen MR) is 123 cm³/mol. The van der Waals surface area contributed by atoms with Crippen molar-refractivity contribution < 1.29 is 23.1 Å². The van der Waals surface area contributed by atoms with E-state index in [0.29, 0.717) is 5.69 Å². The quantitative estimate of drug-likeness (QED) is 0.381. The number of carbonyl (C=O) groups excluding carboxylic acids is 2. The van der Waals surface area contributed by atoms with Gasteiger partial charge < -0.3 is 4.74 Å². The molecule has 0 radical (unpaired) electrons. The summed E-state index contributed by atoms with van der Waals surface area (Å²) in [6.07, 6.45) is 0. The van der Waals surface area contributed by atoms with Gasteiger partial charge in [-0.2, -0.15) is 0 Å². The van der Waals surface area contributed by atoms with E-state index >= 15 is 0 Å². The van der Waals surface area contributed by atoms with Crippen LogP contribution in [0.3, 0.4) is 0 Å². The molecule has 4 nitrogen and oxygen atoms in total. The van der Waals surface area contributed by atoms with Gasteiger partial charge >= 0.3 is 5.97 Å². The minimum Gasteiger partial charge on any atom is -0.459 e. The molecule has 32 heavy (non-hydrogen) atoms. The number of rotatable bonds is 5. The van der Waals surface area contributed by atoms with Crippen molar-refractivity contribution in [3.05, 3.63) is 88.4 Å². The molecule has 0 fully saturated rings. The molecule has 0 aliphatic rings. The second kappa shape index (κ2) is 9.61. The number of benzene rings is 3. The smallest absolute Gasteiger partial charge is 0.326 e. The molecule has 3 rings (SSSR count). The summed E-state index contributed by atoms with van der Waals surface area (Å²) in [5.74, 6) is -3.68. The van der Waals surface area contributed by atoms with Crippen molar-refractivity contribution in [1.29, 1.82) is 0 Å². The first-order chi connectivity index (χ1) is 15.0. The summed E-state index contributed by atoms with van der Waals surface area (Å²) in [6.45, 7) is 4.58. The molecule has 0 aliphatic heterocycles. The lowest BCUT2D eigenvalue weighted by Gasteiger charge is -2.26. The van der Waals surface area contributed by atoms with Gasteiger partial charge in [-0.1, -0.05) is 46.3 Å².